The Morgan fingerprint density at radius 2 is 1.74 bits per heavy atom. The summed E-state index contributed by atoms with van der Waals surface area (Å²) >= 11 is 1.56. The molecule has 1 aliphatic rings. The lowest BCUT2D eigenvalue weighted by Crippen LogP contribution is -2.35. The number of aliphatic hydroxyl groups excluding tert-OH is 3. The number of nitrogens with one attached hydrogen (secondary N) is 2. The zero-order chi connectivity index (χ0) is 24.4. The first-order valence-electron chi connectivity index (χ1n) is 11.8. The molecule has 1 saturated carbocycles. The Kier molecular flexibility index (Phi) is 6.92. The largest absolute Gasteiger partial charge is 0.396 e. The van der Waals surface area contributed by atoms with E-state index in [1.165, 1.54) is 5.56 Å². The number of para-hydroxylation sites is 1. The van der Waals surface area contributed by atoms with E-state index in [4.69, 9.17) is 15.0 Å². The highest BCUT2D eigenvalue weighted by Gasteiger charge is 2.41. The Hall–Kier alpha value is -3.11. The molecule has 2 aromatic carbocycles. The van der Waals surface area contributed by atoms with Crippen molar-refractivity contribution in [1.82, 2.24) is 15.0 Å². The quantitative estimate of drug-likeness (QED) is 0.255. The molecule has 1 aliphatic carbocycles. The van der Waals surface area contributed by atoms with Crippen molar-refractivity contribution in [3.8, 4) is 10.6 Å². The Labute approximate surface area is 207 Å². The van der Waals surface area contributed by atoms with E-state index in [1.54, 1.807) is 11.3 Å². The number of fused-ring (bicyclic) bond motifs is 1. The molecule has 5 N–H and O–H groups in total. The third-order valence-corrected chi connectivity index (χ3v) is 7.55. The van der Waals surface area contributed by atoms with Crippen molar-refractivity contribution in [2.75, 3.05) is 23.8 Å². The number of anilines is 2. The molecule has 1 fully saturated rings. The molecule has 2 aromatic heterocycles. The number of rotatable bonds is 8. The molecule has 0 bridgehead atoms. The van der Waals surface area contributed by atoms with E-state index in [1.807, 2.05) is 49.4 Å². The van der Waals surface area contributed by atoms with Crippen LogP contribution in [0.2, 0.25) is 0 Å². The molecule has 4 aromatic rings. The predicted octanol–water partition coefficient (Wildman–Crippen LogP) is 3.23. The Bertz CT molecular complexity index is 1270. The van der Waals surface area contributed by atoms with E-state index in [0.29, 0.717) is 24.7 Å². The van der Waals surface area contributed by atoms with Crippen molar-refractivity contribution in [2.24, 2.45) is 5.92 Å². The molecule has 35 heavy (non-hydrogen) atoms. The summed E-state index contributed by atoms with van der Waals surface area (Å²) in [5, 5.41) is 37.9. The summed E-state index contributed by atoms with van der Waals surface area (Å²) in [4.78, 5) is 14.3. The number of aryl methyl sites for hydroxylation is 1. The summed E-state index contributed by atoms with van der Waals surface area (Å²) in [5.41, 5.74) is 3.66. The van der Waals surface area contributed by atoms with E-state index in [0.717, 1.165) is 32.9 Å². The summed E-state index contributed by atoms with van der Waals surface area (Å²) in [5.74, 6) is 0.644. The normalized spacial score (nSPS) is 21.9. The van der Waals surface area contributed by atoms with E-state index >= 15 is 0 Å². The SMILES string of the molecule is Cc1nc(NCCc2ccccc2)nc(NC2CC(CO)C(O)C2O)c1-c1nc2ccccc2s1. The van der Waals surface area contributed by atoms with Crippen molar-refractivity contribution >= 4 is 33.3 Å². The molecule has 9 heteroatoms. The zero-order valence-electron chi connectivity index (χ0n) is 19.4. The monoisotopic (exact) mass is 491 g/mol. The van der Waals surface area contributed by atoms with E-state index in [2.05, 4.69) is 22.8 Å². The number of hydrogen-bond acceptors (Lipinski definition) is 9. The highest BCUT2D eigenvalue weighted by Crippen LogP contribution is 2.38. The number of aliphatic hydroxyl groups is 3. The molecule has 0 aliphatic heterocycles. The molecular weight excluding hydrogens is 462 g/mol. The number of nitrogens with zero attached hydrogens (tertiary/aromatic N) is 3. The van der Waals surface area contributed by atoms with Crippen molar-refractivity contribution in [2.45, 2.75) is 38.0 Å². The van der Waals surface area contributed by atoms with E-state index in [-0.39, 0.29) is 12.5 Å². The van der Waals surface area contributed by atoms with Crippen molar-refractivity contribution in [3.05, 3.63) is 65.9 Å². The molecule has 5 rings (SSSR count). The molecule has 0 saturated heterocycles. The van der Waals surface area contributed by atoms with Crippen LogP contribution in [0.15, 0.2) is 54.6 Å². The van der Waals surface area contributed by atoms with Crippen molar-refractivity contribution < 1.29 is 15.3 Å². The van der Waals surface area contributed by atoms with Gasteiger partial charge in [-0.3, -0.25) is 0 Å². The third-order valence-electron chi connectivity index (χ3n) is 6.50. The van der Waals surface area contributed by atoms with Crippen LogP contribution < -0.4 is 10.6 Å². The van der Waals surface area contributed by atoms with Gasteiger partial charge in [0.15, 0.2) is 0 Å². The second kappa shape index (κ2) is 10.2. The zero-order valence-corrected chi connectivity index (χ0v) is 20.2. The van der Waals surface area contributed by atoms with Crippen LogP contribution in [0.25, 0.3) is 20.8 Å². The van der Waals surface area contributed by atoms with Gasteiger partial charge in [-0.25, -0.2) is 9.97 Å². The van der Waals surface area contributed by atoms with Crippen LogP contribution in [-0.4, -0.2) is 61.7 Å². The Morgan fingerprint density at radius 1 is 0.971 bits per heavy atom. The minimum absolute atomic E-state index is 0.184. The topological polar surface area (TPSA) is 123 Å². The van der Waals surface area contributed by atoms with Gasteiger partial charge in [0.1, 0.15) is 16.9 Å². The fourth-order valence-corrected chi connectivity index (χ4v) is 5.64. The third kappa shape index (κ3) is 4.99. The average molecular weight is 492 g/mol. The molecule has 0 amide bonds. The number of aromatic nitrogens is 3. The second-order valence-corrected chi connectivity index (χ2v) is 9.95. The van der Waals surface area contributed by atoms with Gasteiger partial charge < -0.3 is 26.0 Å². The highest BCUT2D eigenvalue weighted by molar-refractivity contribution is 7.21. The lowest BCUT2D eigenvalue weighted by atomic mass is 10.1. The molecule has 4 unspecified atom stereocenters. The maximum Gasteiger partial charge on any atom is 0.224 e. The lowest BCUT2D eigenvalue weighted by Gasteiger charge is -2.21. The van der Waals surface area contributed by atoms with Gasteiger partial charge >= 0.3 is 0 Å². The molecule has 4 atom stereocenters. The summed E-state index contributed by atoms with van der Waals surface area (Å²) < 4.78 is 1.06. The van der Waals surface area contributed by atoms with Gasteiger partial charge in [-0.2, -0.15) is 4.98 Å². The summed E-state index contributed by atoms with van der Waals surface area (Å²) in [6.45, 7) is 2.41. The van der Waals surface area contributed by atoms with Crippen molar-refractivity contribution in [1.29, 1.82) is 0 Å². The van der Waals surface area contributed by atoms with Gasteiger partial charge in [0.05, 0.1) is 33.6 Å². The predicted molar refractivity (Wildman–Crippen MR) is 139 cm³/mol. The highest BCUT2D eigenvalue weighted by atomic mass is 32.1. The van der Waals surface area contributed by atoms with E-state index in [9.17, 15) is 15.3 Å². The molecular formula is C26H29N5O3S. The van der Waals surface area contributed by atoms with Crippen LogP contribution in [0.1, 0.15) is 17.7 Å². The fraction of sp³-hybridized carbons (Fsp3) is 0.346. The summed E-state index contributed by atoms with van der Waals surface area (Å²) in [7, 11) is 0. The smallest absolute Gasteiger partial charge is 0.224 e. The van der Waals surface area contributed by atoms with Crippen LogP contribution in [0, 0.1) is 12.8 Å². The number of hydrogen-bond donors (Lipinski definition) is 5. The standard InChI is InChI=1S/C26H29N5O3S/c1-15-21(25-30-18-9-5-6-10-20(18)35-25)24(29-19-13-17(14-32)22(33)23(19)34)31-26(28-15)27-12-11-16-7-3-2-4-8-16/h2-10,17,19,22-23,32-34H,11-14H2,1H3,(H2,27,28,29,31). The minimum atomic E-state index is -1.01. The summed E-state index contributed by atoms with van der Waals surface area (Å²) in [6, 6.07) is 17.7. The molecule has 8 nitrogen and oxygen atoms in total. The molecule has 2 heterocycles. The van der Waals surface area contributed by atoms with Crippen LogP contribution in [-0.2, 0) is 6.42 Å². The van der Waals surface area contributed by atoms with Crippen LogP contribution >= 0.6 is 11.3 Å². The first-order chi connectivity index (χ1) is 17.0. The lowest BCUT2D eigenvalue weighted by molar-refractivity contribution is 0.00446. The van der Waals surface area contributed by atoms with Crippen molar-refractivity contribution in [3.63, 3.8) is 0 Å². The Balaban J connectivity index is 1.46. The number of benzene rings is 2. The molecule has 0 spiro atoms. The fourth-order valence-electron chi connectivity index (χ4n) is 4.58. The van der Waals surface area contributed by atoms with Crippen LogP contribution in [0.5, 0.6) is 0 Å². The first-order valence-corrected chi connectivity index (χ1v) is 12.6. The van der Waals surface area contributed by atoms with Crippen LogP contribution in [0.4, 0.5) is 11.8 Å². The van der Waals surface area contributed by atoms with Crippen LogP contribution in [0.3, 0.4) is 0 Å². The summed E-state index contributed by atoms with van der Waals surface area (Å²) in [6.07, 6.45) is -0.745. The first kappa shape index (κ1) is 23.6. The second-order valence-electron chi connectivity index (χ2n) is 8.92. The average Bonchev–Trinajstić information content (AvgIpc) is 3.40. The van der Waals surface area contributed by atoms with Gasteiger partial charge in [-0.15, -0.1) is 11.3 Å². The maximum atomic E-state index is 10.6. The van der Waals surface area contributed by atoms with Gasteiger partial charge in [-0.05, 0) is 37.5 Å². The molecule has 0 radical (unpaired) electrons. The molecule has 182 valence electrons. The van der Waals surface area contributed by atoms with Gasteiger partial charge in [-0.1, -0.05) is 42.5 Å². The maximum absolute atomic E-state index is 10.6. The van der Waals surface area contributed by atoms with Gasteiger partial charge in [0.2, 0.25) is 5.95 Å². The minimum Gasteiger partial charge on any atom is -0.396 e. The van der Waals surface area contributed by atoms with E-state index < -0.39 is 18.2 Å². The Morgan fingerprint density at radius 3 is 2.49 bits per heavy atom. The number of thiazole rings is 1. The van der Waals surface area contributed by atoms with Gasteiger partial charge in [0, 0.05) is 19.1 Å². The van der Waals surface area contributed by atoms with Gasteiger partial charge in [0.25, 0.3) is 0 Å².